The van der Waals surface area contributed by atoms with Crippen LogP contribution >= 0.6 is 0 Å². The Morgan fingerprint density at radius 2 is 1.57 bits per heavy atom. The van der Waals surface area contributed by atoms with Crippen molar-refractivity contribution >= 4 is 26.8 Å². The van der Waals surface area contributed by atoms with E-state index in [1.165, 1.54) is 0 Å². The first kappa shape index (κ1) is 19.9. The first-order valence-electron chi connectivity index (χ1n) is 9.45. The molecule has 0 aliphatic carbocycles. The largest absolute Gasteiger partial charge is 0.460 e. The van der Waals surface area contributed by atoms with Crippen molar-refractivity contribution in [2.75, 3.05) is 0 Å². The van der Waals surface area contributed by atoms with Crippen LogP contribution in [0.4, 0.5) is 0 Å². The van der Waals surface area contributed by atoms with Gasteiger partial charge in [0.1, 0.15) is 23.5 Å². The summed E-state index contributed by atoms with van der Waals surface area (Å²) in [4.78, 5) is 13.0. The molecular formula is C24H20O5S. The van der Waals surface area contributed by atoms with Gasteiger partial charge in [-0.1, -0.05) is 54.6 Å². The molecule has 0 aliphatic rings. The molecule has 0 bridgehead atoms. The molecule has 0 atom stereocenters. The third-order valence-corrected chi connectivity index (χ3v) is 6.51. The number of ether oxygens (including phenoxy) is 1. The molecule has 0 aliphatic heterocycles. The fourth-order valence-corrected chi connectivity index (χ4v) is 4.69. The molecule has 0 fully saturated rings. The number of hydrogen-bond acceptors (Lipinski definition) is 5. The van der Waals surface area contributed by atoms with Crippen LogP contribution in [0.25, 0.3) is 11.0 Å². The summed E-state index contributed by atoms with van der Waals surface area (Å²) in [7, 11) is -3.50. The molecule has 0 amide bonds. The summed E-state index contributed by atoms with van der Waals surface area (Å²) < 4.78 is 36.6. The van der Waals surface area contributed by atoms with Gasteiger partial charge in [0, 0.05) is 5.39 Å². The fraction of sp³-hybridized carbons (Fsp3) is 0.125. The second-order valence-electron chi connectivity index (χ2n) is 7.00. The highest BCUT2D eigenvalue weighted by Gasteiger charge is 2.22. The number of benzene rings is 3. The predicted molar refractivity (Wildman–Crippen MR) is 114 cm³/mol. The lowest BCUT2D eigenvalue weighted by Gasteiger charge is -2.06. The Hall–Kier alpha value is -3.38. The molecule has 1 heterocycles. The minimum absolute atomic E-state index is 0.147. The second-order valence-corrected chi connectivity index (χ2v) is 8.99. The van der Waals surface area contributed by atoms with E-state index in [1.54, 1.807) is 55.5 Å². The van der Waals surface area contributed by atoms with Crippen molar-refractivity contribution in [1.82, 2.24) is 0 Å². The highest BCUT2D eigenvalue weighted by atomic mass is 32.2. The van der Waals surface area contributed by atoms with E-state index < -0.39 is 15.8 Å². The van der Waals surface area contributed by atoms with Gasteiger partial charge in [-0.3, -0.25) is 0 Å². The first-order chi connectivity index (χ1) is 14.4. The minimum Gasteiger partial charge on any atom is -0.460 e. The van der Waals surface area contributed by atoms with Crippen molar-refractivity contribution in [2.45, 2.75) is 24.2 Å². The lowest BCUT2D eigenvalue weighted by atomic mass is 10.1. The van der Waals surface area contributed by atoms with Crippen LogP contribution in [-0.4, -0.2) is 14.4 Å². The minimum atomic E-state index is -3.50. The topological polar surface area (TPSA) is 73.6 Å². The Kier molecular flexibility index (Phi) is 5.42. The molecule has 4 rings (SSSR count). The monoisotopic (exact) mass is 420 g/mol. The molecule has 4 aromatic rings. The standard InChI is InChI=1S/C24H20O5S/c1-17-23(24(25)28-15-18-8-4-2-5-9-18)21-14-19(12-13-22(21)29-17)16-30(26,27)20-10-6-3-7-11-20/h2-14H,15-16H2,1H3. The summed E-state index contributed by atoms with van der Waals surface area (Å²) in [6.45, 7) is 1.84. The van der Waals surface area contributed by atoms with Crippen LogP contribution in [0.5, 0.6) is 0 Å². The number of furan rings is 1. The maximum Gasteiger partial charge on any atom is 0.342 e. The van der Waals surface area contributed by atoms with Crippen molar-refractivity contribution in [3.05, 3.63) is 101 Å². The average molecular weight is 420 g/mol. The van der Waals surface area contributed by atoms with Crippen molar-refractivity contribution in [1.29, 1.82) is 0 Å². The van der Waals surface area contributed by atoms with Gasteiger partial charge < -0.3 is 9.15 Å². The van der Waals surface area contributed by atoms with E-state index in [9.17, 15) is 13.2 Å². The summed E-state index contributed by atoms with van der Waals surface area (Å²) in [5.41, 5.74) is 2.29. The average Bonchev–Trinajstić information content (AvgIpc) is 3.08. The van der Waals surface area contributed by atoms with Crippen LogP contribution in [-0.2, 0) is 26.9 Å². The maximum absolute atomic E-state index is 12.7. The molecule has 3 aromatic carbocycles. The smallest absolute Gasteiger partial charge is 0.342 e. The van der Waals surface area contributed by atoms with Gasteiger partial charge in [-0.15, -0.1) is 0 Å². The van der Waals surface area contributed by atoms with Gasteiger partial charge >= 0.3 is 5.97 Å². The Bertz CT molecular complexity index is 1290. The van der Waals surface area contributed by atoms with Gasteiger partial charge in [0.05, 0.1) is 10.6 Å². The molecule has 1 aromatic heterocycles. The normalized spacial score (nSPS) is 11.5. The molecule has 0 unspecified atom stereocenters. The molecule has 152 valence electrons. The fourth-order valence-electron chi connectivity index (χ4n) is 3.34. The van der Waals surface area contributed by atoms with Crippen molar-refractivity contribution < 1.29 is 22.4 Å². The van der Waals surface area contributed by atoms with Crippen LogP contribution in [0.1, 0.15) is 27.2 Å². The lowest BCUT2D eigenvalue weighted by Crippen LogP contribution is -2.07. The molecule has 0 N–H and O–H groups in total. The Morgan fingerprint density at radius 1 is 0.900 bits per heavy atom. The summed E-state index contributed by atoms with van der Waals surface area (Å²) in [6.07, 6.45) is 0. The van der Waals surface area contributed by atoms with Crippen LogP contribution in [0.2, 0.25) is 0 Å². The number of rotatable bonds is 6. The van der Waals surface area contributed by atoms with Crippen LogP contribution in [0, 0.1) is 6.92 Å². The summed E-state index contributed by atoms with van der Waals surface area (Å²) in [6, 6.07) is 22.8. The number of fused-ring (bicyclic) bond motifs is 1. The zero-order chi connectivity index (χ0) is 21.1. The SMILES string of the molecule is Cc1oc2ccc(CS(=O)(=O)c3ccccc3)cc2c1C(=O)OCc1ccccc1. The van der Waals surface area contributed by atoms with Gasteiger partial charge in [-0.25, -0.2) is 13.2 Å². The van der Waals surface area contributed by atoms with Crippen LogP contribution < -0.4 is 0 Å². The van der Waals surface area contributed by atoms with Crippen LogP contribution in [0.3, 0.4) is 0 Å². The number of carbonyl (C=O) groups excluding carboxylic acids is 1. The third kappa shape index (κ3) is 4.14. The van der Waals surface area contributed by atoms with Gasteiger partial charge in [-0.2, -0.15) is 0 Å². The molecule has 0 spiro atoms. The van der Waals surface area contributed by atoms with E-state index in [-0.39, 0.29) is 17.3 Å². The van der Waals surface area contributed by atoms with E-state index in [0.717, 1.165) is 5.56 Å². The third-order valence-electron chi connectivity index (χ3n) is 4.80. The molecule has 30 heavy (non-hydrogen) atoms. The maximum atomic E-state index is 12.7. The van der Waals surface area contributed by atoms with E-state index in [1.807, 2.05) is 30.3 Å². The zero-order valence-electron chi connectivity index (χ0n) is 16.4. The number of esters is 1. The van der Waals surface area contributed by atoms with Crippen LogP contribution in [0.15, 0.2) is 88.2 Å². The first-order valence-corrected chi connectivity index (χ1v) is 11.1. The Balaban J connectivity index is 1.62. The van der Waals surface area contributed by atoms with Gasteiger partial charge in [0.2, 0.25) is 0 Å². The number of sulfone groups is 1. The molecule has 5 nitrogen and oxygen atoms in total. The second kappa shape index (κ2) is 8.16. The Labute approximate surface area is 174 Å². The quantitative estimate of drug-likeness (QED) is 0.407. The predicted octanol–water partition coefficient (Wildman–Crippen LogP) is 5.07. The molecular weight excluding hydrogens is 400 g/mol. The highest BCUT2D eigenvalue weighted by Crippen LogP contribution is 2.29. The van der Waals surface area contributed by atoms with E-state index in [2.05, 4.69) is 0 Å². The van der Waals surface area contributed by atoms with Gasteiger partial charge in [0.15, 0.2) is 9.84 Å². The summed E-state index contributed by atoms with van der Waals surface area (Å²) in [5.74, 6) is -0.236. The van der Waals surface area contributed by atoms with E-state index in [4.69, 9.17) is 9.15 Å². The van der Waals surface area contributed by atoms with Gasteiger partial charge in [0.25, 0.3) is 0 Å². The van der Waals surface area contributed by atoms with E-state index in [0.29, 0.717) is 27.9 Å². The number of hydrogen-bond donors (Lipinski definition) is 0. The van der Waals surface area contributed by atoms with Crippen molar-refractivity contribution in [3.63, 3.8) is 0 Å². The molecule has 6 heteroatoms. The van der Waals surface area contributed by atoms with E-state index >= 15 is 0 Å². The Morgan fingerprint density at radius 3 is 2.27 bits per heavy atom. The number of aryl methyl sites for hydroxylation is 1. The van der Waals surface area contributed by atoms with Gasteiger partial charge in [-0.05, 0) is 42.3 Å². The lowest BCUT2D eigenvalue weighted by molar-refractivity contribution is 0.0473. The summed E-state index contributed by atoms with van der Waals surface area (Å²) >= 11 is 0. The molecule has 0 saturated heterocycles. The zero-order valence-corrected chi connectivity index (χ0v) is 17.2. The number of carbonyl (C=O) groups is 1. The molecule has 0 saturated carbocycles. The van der Waals surface area contributed by atoms with Crippen molar-refractivity contribution in [2.24, 2.45) is 0 Å². The highest BCUT2D eigenvalue weighted by molar-refractivity contribution is 7.90. The molecule has 0 radical (unpaired) electrons. The van der Waals surface area contributed by atoms with Crippen molar-refractivity contribution in [3.8, 4) is 0 Å². The summed E-state index contributed by atoms with van der Waals surface area (Å²) in [5, 5.41) is 0.548.